The molecule has 0 fully saturated rings. The summed E-state index contributed by atoms with van der Waals surface area (Å²) in [5.74, 6) is -0.703. The van der Waals surface area contributed by atoms with Crippen LogP contribution < -0.4 is 11.1 Å². The lowest BCUT2D eigenvalue weighted by Gasteiger charge is -2.07. The Bertz CT molecular complexity index is 975. The van der Waals surface area contributed by atoms with Crippen LogP contribution in [0, 0.1) is 0 Å². The molecule has 5 heteroatoms. The van der Waals surface area contributed by atoms with Crippen LogP contribution >= 0.6 is 11.3 Å². The lowest BCUT2D eigenvalue weighted by Crippen LogP contribution is -2.17. The van der Waals surface area contributed by atoms with E-state index in [-0.39, 0.29) is 5.91 Å². The number of amides is 2. The van der Waals surface area contributed by atoms with Crippen molar-refractivity contribution in [3.63, 3.8) is 0 Å². The van der Waals surface area contributed by atoms with E-state index in [0.717, 1.165) is 40.8 Å². The Morgan fingerprint density at radius 2 is 1.62 bits per heavy atom. The van der Waals surface area contributed by atoms with Gasteiger partial charge in [0.2, 0.25) is 0 Å². The first-order valence-corrected chi connectivity index (χ1v) is 9.36. The average Bonchev–Trinajstić information content (AvgIpc) is 3.23. The number of carbonyl (C=O) groups excluding carboxylic acids is 2. The Hall–Kier alpha value is -2.92. The molecular formula is C21H18N2O2S. The van der Waals surface area contributed by atoms with Crippen LogP contribution in [-0.2, 0) is 12.8 Å². The zero-order chi connectivity index (χ0) is 18.1. The van der Waals surface area contributed by atoms with Crippen LogP contribution in [0.25, 0.3) is 11.1 Å². The van der Waals surface area contributed by atoms with Gasteiger partial charge in [0.05, 0.1) is 5.56 Å². The predicted molar refractivity (Wildman–Crippen MR) is 105 cm³/mol. The number of carbonyl (C=O) groups is 2. The lowest BCUT2D eigenvalue weighted by molar-refractivity contribution is 0.100. The third-order valence-corrected chi connectivity index (χ3v) is 5.86. The van der Waals surface area contributed by atoms with Crippen molar-refractivity contribution in [2.75, 3.05) is 5.32 Å². The quantitative estimate of drug-likeness (QED) is 0.728. The Kier molecular flexibility index (Phi) is 4.31. The van der Waals surface area contributed by atoms with Crippen LogP contribution in [0.15, 0.2) is 54.6 Å². The summed E-state index contributed by atoms with van der Waals surface area (Å²) < 4.78 is 0. The smallest absolute Gasteiger partial charge is 0.256 e. The number of thiophene rings is 1. The second kappa shape index (κ2) is 6.77. The maximum Gasteiger partial charge on any atom is 0.256 e. The Labute approximate surface area is 155 Å². The molecule has 0 unspecified atom stereocenters. The molecule has 3 N–H and O–H groups in total. The van der Waals surface area contributed by atoms with Crippen LogP contribution in [0.4, 0.5) is 5.00 Å². The second-order valence-corrected chi connectivity index (χ2v) is 7.43. The van der Waals surface area contributed by atoms with Gasteiger partial charge in [0.25, 0.3) is 11.8 Å². The standard InChI is InChI=1S/C21H18N2O2S/c22-19(24)18-16-7-4-8-17(16)26-21(18)23-20(25)15-11-9-14(10-12-15)13-5-2-1-3-6-13/h1-3,5-6,9-12H,4,7-8H2,(H2,22,24)(H,23,25). The SMILES string of the molecule is NC(=O)c1c(NC(=O)c2ccc(-c3ccccc3)cc2)sc2c1CCC2. The summed E-state index contributed by atoms with van der Waals surface area (Å²) >= 11 is 1.47. The molecule has 0 saturated heterocycles. The molecular weight excluding hydrogens is 344 g/mol. The zero-order valence-electron chi connectivity index (χ0n) is 14.1. The number of nitrogens with two attached hydrogens (primary N) is 1. The minimum atomic E-state index is -0.473. The summed E-state index contributed by atoms with van der Waals surface area (Å²) in [5.41, 5.74) is 9.74. The minimum Gasteiger partial charge on any atom is -0.365 e. The van der Waals surface area contributed by atoms with Crippen molar-refractivity contribution >= 4 is 28.2 Å². The third kappa shape index (κ3) is 3.02. The maximum absolute atomic E-state index is 12.6. The van der Waals surface area contributed by atoms with Crippen molar-refractivity contribution in [2.24, 2.45) is 5.73 Å². The van der Waals surface area contributed by atoms with E-state index in [9.17, 15) is 9.59 Å². The number of hydrogen-bond donors (Lipinski definition) is 2. The van der Waals surface area contributed by atoms with E-state index in [2.05, 4.69) is 5.32 Å². The number of anilines is 1. The van der Waals surface area contributed by atoms with Gasteiger partial charge in [-0.15, -0.1) is 11.3 Å². The van der Waals surface area contributed by atoms with Crippen LogP contribution in [0.2, 0.25) is 0 Å². The molecule has 1 heterocycles. The highest BCUT2D eigenvalue weighted by Gasteiger charge is 2.26. The van der Waals surface area contributed by atoms with Gasteiger partial charge in [0.1, 0.15) is 5.00 Å². The summed E-state index contributed by atoms with van der Waals surface area (Å²) in [6.45, 7) is 0. The number of aryl methyl sites for hydroxylation is 1. The van der Waals surface area contributed by atoms with Gasteiger partial charge in [0, 0.05) is 10.4 Å². The molecule has 1 aromatic heterocycles. The molecule has 2 aromatic carbocycles. The molecule has 1 aliphatic rings. The molecule has 2 amide bonds. The summed E-state index contributed by atoms with van der Waals surface area (Å²) in [6.07, 6.45) is 2.84. The minimum absolute atomic E-state index is 0.230. The van der Waals surface area contributed by atoms with Gasteiger partial charge in [-0.2, -0.15) is 0 Å². The summed E-state index contributed by atoms with van der Waals surface area (Å²) in [7, 11) is 0. The largest absolute Gasteiger partial charge is 0.365 e. The number of fused-ring (bicyclic) bond motifs is 1. The van der Waals surface area contributed by atoms with Crippen molar-refractivity contribution < 1.29 is 9.59 Å². The normalized spacial score (nSPS) is 12.6. The zero-order valence-corrected chi connectivity index (χ0v) is 14.9. The molecule has 4 rings (SSSR count). The monoisotopic (exact) mass is 362 g/mol. The second-order valence-electron chi connectivity index (χ2n) is 6.32. The van der Waals surface area contributed by atoms with Gasteiger partial charge < -0.3 is 11.1 Å². The van der Waals surface area contributed by atoms with Crippen molar-refractivity contribution in [3.8, 4) is 11.1 Å². The summed E-state index contributed by atoms with van der Waals surface area (Å²) in [6, 6.07) is 17.4. The van der Waals surface area contributed by atoms with E-state index in [0.29, 0.717) is 16.1 Å². The van der Waals surface area contributed by atoms with Crippen LogP contribution in [0.5, 0.6) is 0 Å². The molecule has 0 radical (unpaired) electrons. The van der Waals surface area contributed by atoms with E-state index in [1.807, 2.05) is 42.5 Å². The van der Waals surface area contributed by atoms with E-state index < -0.39 is 5.91 Å². The molecule has 1 aliphatic carbocycles. The summed E-state index contributed by atoms with van der Waals surface area (Å²) in [4.78, 5) is 25.6. The highest BCUT2D eigenvalue weighted by molar-refractivity contribution is 7.17. The number of primary amides is 1. The number of hydrogen-bond acceptors (Lipinski definition) is 3. The molecule has 0 spiro atoms. The summed E-state index contributed by atoms with van der Waals surface area (Å²) in [5, 5.41) is 3.44. The predicted octanol–water partition coefficient (Wildman–Crippen LogP) is 4.26. The van der Waals surface area contributed by atoms with Gasteiger partial charge in [-0.25, -0.2) is 0 Å². The highest BCUT2D eigenvalue weighted by Crippen LogP contribution is 2.39. The van der Waals surface area contributed by atoms with E-state index >= 15 is 0 Å². The number of rotatable bonds is 4. The molecule has 0 bridgehead atoms. The van der Waals surface area contributed by atoms with Gasteiger partial charge >= 0.3 is 0 Å². The molecule has 3 aromatic rings. The molecule has 130 valence electrons. The lowest BCUT2D eigenvalue weighted by atomic mass is 10.0. The number of nitrogens with one attached hydrogen (secondary N) is 1. The van der Waals surface area contributed by atoms with Crippen molar-refractivity contribution in [2.45, 2.75) is 19.3 Å². The first-order chi connectivity index (χ1) is 12.6. The number of benzene rings is 2. The Balaban J connectivity index is 1.57. The van der Waals surface area contributed by atoms with Gasteiger partial charge in [-0.1, -0.05) is 42.5 Å². The fourth-order valence-corrected chi connectivity index (χ4v) is 4.66. The Morgan fingerprint density at radius 3 is 2.31 bits per heavy atom. The van der Waals surface area contributed by atoms with Crippen LogP contribution in [0.1, 0.15) is 37.6 Å². The molecule has 0 atom stereocenters. The molecule has 0 saturated carbocycles. The molecule has 4 nitrogen and oxygen atoms in total. The van der Waals surface area contributed by atoms with Gasteiger partial charge in [0.15, 0.2) is 0 Å². The van der Waals surface area contributed by atoms with Gasteiger partial charge in [-0.05, 0) is 48.1 Å². The highest BCUT2D eigenvalue weighted by atomic mass is 32.1. The van der Waals surface area contributed by atoms with E-state index in [1.54, 1.807) is 12.1 Å². The fourth-order valence-electron chi connectivity index (χ4n) is 3.37. The van der Waals surface area contributed by atoms with Crippen molar-refractivity contribution in [1.29, 1.82) is 0 Å². The third-order valence-electron chi connectivity index (χ3n) is 4.65. The fraction of sp³-hybridized carbons (Fsp3) is 0.143. The van der Waals surface area contributed by atoms with Crippen molar-refractivity contribution in [1.82, 2.24) is 0 Å². The van der Waals surface area contributed by atoms with Crippen LogP contribution in [0.3, 0.4) is 0 Å². The first kappa shape index (κ1) is 16.5. The first-order valence-electron chi connectivity index (χ1n) is 8.54. The van der Waals surface area contributed by atoms with E-state index in [4.69, 9.17) is 5.73 Å². The molecule has 26 heavy (non-hydrogen) atoms. The molecule has 0 aliphatic heterocycles. The maximum atomic E-state index is 12.6. The average molecular weight is 362 g/mol. The van der Waals surface area contributed by atoms with Crippen molar-refractivity contribution in [3.05, 3.63) is 76.2 Å². The Morgan fingerprint density at radius 1 is 0.923 bits per heavy atom. The topological polar surface area (TPSA) is 72.2 Å². The van der Waals surface area contributed by atoms with Crippen LogP contribution in [-0.4, -0.2) is 11.8 Å². The van der Waals surface area contributed by atoms with E-state index in [1.165, 1.54) is 11.3 Å². The van der Waals surface area contributed by atoms with Gasteiger partial charge in [-0.3, -0.25) is 9.59 Å².